The van der Waals surface area contributed by atoms with Crippen LogP contribution in [0.15, 0.2) is 16.5 Å². The molecule has 2 heterocycles. The lowest BCUT2D eigenvalue weighted by Gasteiger charge is -2.18. The molecule has 20 heavy (non-hydrogen) atoms. The van der Waals surface area contributed by atoms with Crippen LogP contribution < -0.4 is 16.0 Å². The molecule has 1 aromatic heterocycles. The molecule has 1 fully saturated rings. The summed E-state index contributed by atoms with van der Waals surface area (Å²) in [7, 11) is 0. The minimum absolute atomic E-state index is 0.112. The lowest BCUT2D eigenvalue weighted by atomic mass is 10.1. The van der Waals surface area contributed by atoms with Crippen LogP contribution >= 0.6 is 0 Å². The Kier molecular flexibility index (Phi) is 4.65. The Morgan fingerprint density at radius 1 is 1.45 bits per heavy atom. The van der Waals surface area contributed by atoms with Gasteiger partial charge in [-0.05, 0) is 45.2 Å². The van der Waals surface area contributed by atoms with Crippen molar-refractivity contribution in [2.75, 3.05) is 6.54 Å². The molecular formula is C14H21N3O3. The van der Waals surface area contributed by atoms with E-state index in [1.807, 2.05) is 26.0 Å². The molecule has 1 aliphatic heterocycles. The third kappa shape index (κ3) is 3.76. The van der Waals surface area contributed by atoms with E-state index in [9.17, 15) is 9.59 Å². The summed E-state index contributed by atoms with van der Waals surface area (Å²) in [4.78, 5) is 23.7. The normalized spacial score (nSPS) is 20.7. The van der Waals surface area contributed by atoms with Crippen LogP contribution in [-0.2, 0) is 4.79 Å². The molecular weight excluding hydrogens is 258 g/mol. The summed E-state index contributed by atoms with van der Waals surface area (Å²) in [5, 5.41) is 8.27. The summed E-state index contributed by atoms with van der Waals surface area (Å²) in [6.07, 6.45) is 2.55. The average Bonchev–Trinajstić information content (AvgIpc) is 2.73. The Balaban J connectivity index is 1.86. The van der Waals surface area contributed by atoms with Crippen LogP contribution in [0.4, 0.5) is 4.79 Å². The van der Waals surface area contributed by atoms with Gasteiger partial charge in [-0.1, -0.05) is 0 Å². The summed E-state index contributed by atoms with van der Waals surface area (Å²) in [6, 6.07) is 2.64. The number of urea groups is 1. The fraction of sp³-hybridized carbons (Fsp3) is 0.571. The molecule has 110 valence electrons. The molecule has 0 spiro atoms. The number of amides is 3. The third-order valence-electron chi connectivity index (χ3n) is 3.38. The van der Waals surface area contributed by atoms with Gasteiger partial charge in [-0.2, -0.15) is 0 Å². The van der Waals surface area contributed by atoms with Crippen LogP contribution in [0.5, 0.6) is 0 Å². The van der Waals surface area contributed by atoms with Gasteiger partial charge < -0.3 is 20.4 Å². The molecule has 1 aliphatic rings. The van der Waals surface area contributed by atoms with Crippen LogP contribution in [0.1, 0.15) is 43.7 Å². The van der Waals surface area contributed by atoms with E-state index in [-0.39, 0.29) is 18.0 Å². The highest BCUT2D eigenvalue weighted by Gasteiger charge is 2.23. The third-order valence-corrected chi connectivity index (χ3v) is 3.38. The number of nitrogens with one attached hydrogen (secondary N) is 3. The molecule has 0 bridgehead atoms. The summed E-state index contributed by atoms with van der Waals surface area (Å²) in [5.41, 5.74) is 0. The van der Waals surface area contributed by atoms with E-state index in [4.69, 9.17) is 4.42 Å². The number of carbonyl (C=O) groups is 2. The molecule has 3 amide bonds. The van der Waals surface area contributed by atoms with Gasteiger partial charge in [-0.15, -0.1) is 0 Å². The van der Waals surface area contributed by atoms with Gasteiger partial charge in [0.25, 0.3) is 0 Å². The maximum absolute atomic E-state index is 11.9. The van der Waals surface area contributed by atoms with Crippen molar-refractivity contribution >= 4 is 11.9 Å². The number of carbonyl (C=O) groups excluding carboxylic acids is 2. The number of hydrogen-bond acceptors (Lipinski definition) is 3. The Hall–Kier alpha value is -1.98. The van der Waals surface area contributed by atoms with Gasteiger partial charge in [-0.3, -0.25) is 4.79 Å². The highest BCUT2D eigenvalue weighted by Crippen LogP contribution is 2.15. The molecule has 0 unspecified atom stereocenters. The molecule has 3 N–H and O–H groups in total. The predicted molar refractivity (Wildman–Crippen MR) is 74.2 cm³/mol. The van der Waals surface area contributed by atoms with Gasteiger partial charge in [0.1, 0.15) is 17.6 Å². The van der Waals surface area contributed by atoms with Crippen molar-refractivity contribution < 1.29 is 14.0 Å². The first-order valence-electron chi connectivity index (χ1n) is 6.97. The van der Waals surface area contributed by atoms with Gasteiger partial charge in [0.15, 0.2) is 0 Å². The number of rotatable bonds is 3. The van der Waals surface area contributed by atoms with E-state index >= 15 is 0 Å². The molecule has 1 aromatic rings. The van der Waals surface area contributed by atoms with Crippen LogP contribution in [0, 0.1) is 6.92 Å². The highest BCUT2D eigenvalue weighted by molar-refractivity contribution is 5.87. The van der Waals surface area contributed by atoms with Crippen molar-refractivity contribution in [1.82, 2.24) is 16.0 Å². The van der Waals surface area contributed by atoms with E-state index in [1.165, 1.54) is 0 Å². The smallest absolute Gasteiger partial charge is 0.316 e. The summed E-state index contributed by atoms with van der Waals surface area (Å²) in [6.45, 7) is 4.37. The topological polar surface area (TPSA) is 83.4 Å². The highest BCUT2D eigenvalue weighted by atomic mass is 16.3. The number of furan rings is 1. The van der Waals surface area contributed by atoms with Gasteiger partial charge in [0.2, 0.25) is 5.91 Å². The van der Waals surface area contributed by atoms with Crippen molar-refractivity contribution in [3.8, 4) is 0 Å². The molecule has 2 rings (SSSR count). The van der Waals surface area contributed by atoms with Gasteiger partial charge in [0.05, 0.1) is 6.04 Å². The van der Waals surface area contributed by atoms with Gasteiger partial charge in [0, 0.05) is 6.54 Å². The number of hydrogen-bond donors (Lipinski definition) is 3. The molecule has 6 nitrogen and oxygen atoms in total. The number of aryl methyl sites for hydroxylation is 1. The predicted octanol–water partition coefficient (Wildman–Crippen LogP) is 1.62. The zero-order valence-electron chi connectivity index (χ0n) is 11.9. The monoisotopic (exact) mass is 279 g/mol. The molecule has 0 saturated carbocycles. The molecule has 0 aromatic carbocycles. The Morgan fingerprint density at radius 2 is 2.25 bits per heavy atom. The van der Waals surface area contributed by atoms with Crippen LogP contribution in [0.25, 0.3) is 0 Å². The fourth-order valence-electron chi connectivity index (χ4n) is 2.23. The summed E-state index contributed by atoms with van der Waals surface area (Å²) >= 11 is 0. The lowest BCUT2D eigenvalue weighted by Crippen LogP contribution is -2.49. The average molecular weight is 279 g/mol. The summed E-state index contributed by atoms with van der Waals surface area (Å²) in [5.74, 6) is 1.39. The largest absolute Gasteiger partial charge is 0.464 e. The zero-order valence-corrected chi connectivity index (χ0v) is 11.9. The first-order chi connectivity index (χ1) is 9.56. The van der Waals surface area contributed by atoms with Crippen molar-refractivity contribution in [1.29, 1.82) is 0 Å². The first-order valence-corrected chi connectivity index (χ1v) is 6.97. The van der Waals surface area contributed by atoms with E-state index in [0.29, 0.717) is 18.7 Å². The lowest BCUT2D eigenvalue weighted by molar-refractivity contribution is -0.122. The molecule has 6 heteroatoms. The molecule has 0 radical (unpaired) electrons. The summed E-state index contributed by atoms with van der Waals surface area (Å²) < 4.78 is 5.46. The quantitative estimate of drug-likeness (QED) is 0.786. The van der Waals surface area contributed by atoms with E-state index in [2.05, 4.69) is 16.0 Å². The molecule has 2 atom stereocenters. The Morgan fingerprint density at radius 3 is 2.95 bits per heavy atom. The minimum Gasteiger partial charge on any atom is -0.464 e. The van der Waals surface area contributed by atoms with Crippen molar-refractivity contribution in [2.45, 2.75) is 45.2 Å². The van der Waals surface area contributed by atoms with Crippen LogP contribution in [0.2, 0.25) is 0 Å². The van der Waals surface area contributed by atoms with Gasteiger partial charge in [-0.25, -0.2) is 4.79 Å². The van der Waals surface area contributed by atoms with Gasteiger partial charge >= 0.3 is 6.03 Å². The SMILES string of the molecule is Cc1ccc([C@@H](C)NC(=O)N[C@H]2CCCCNC2=O)o1. The van der Waals surface area contributed by atoms with E-state index in [1.54, 1.807) is 0 Å². The van der Waals surface area contributed by atoms with Crippen molar-refractivity contribution in [3.05, 3.63) is 23.7 Å². The Bertz CT molecular complexity index is 484. The van der Waals surface area contributed by atoms with Crippen LogP contribution in [-0.4, -0.2) is 24.5 Å². The molecule has 1 saturated heterocycles. The van der Waals surface area contributed by atoms with Crippen molar-refractivity contribution in [2.24, 2.45) is 0 Å². The second kappa shape index (κ2) is 6.45. The fourth-order valence-corrected chi connectivity index (χ4v) is 2.23. The standard InChI is InChI=1S/C14H21N3O3/c1-9-6-7-12(20-9)10(2)16-14(19)17-11-5-3-4-8-15-13(11)18/h6-7,10-11H,3-5,8H2,1-2H3,(H,15,18)(H2,16,17,19)/t10-,11+/m1/s1. The Labute approximate surface area is 118 Å². The maximum Gasteiger partial charge on any atom is 0.316 e. The van der Waals surface area contributed by atoms with E-state index in [0.717, 1.165) is 18.6 Å². The van der Waals surface area contributed by atoms with Crippen LogP contribution in [0.3, 0.4) is 0 Å². The zero-order chi connectivity index (χ0) is 14.5. The minimum atomic E-state index is -0.456. The molecule has 0 aliphatic carbocycles. The second-order valence-electron chi connectivity index (χ2n) is 5.13. The maximum atomic E-state index is 11.9. The van der Waals surface area contributed by atoms with Crippen molar-refractivity contribution in [3.63, 3.8) is 0 Å². The van der Waals surface area contributed by atoms with E-state index < -0.39 is 6.04 Å². The second-order valence-corrected chi connectivity index (χ2v) is 5.13. The first kappa shape index (κ1) is 14.4.